The van der Waals surface area contributed by atoms with Crippen molar-refractivity contribution in [2.75, 3.05) is 11.9 Å². The van der Waals surface area contributed by atoms with Crippen molar-refractivity contribution in [2.45, 2.75) is 13.3 Å². The molecule has 2 rings (SSSR count). The number of amides is 2. The molecular formula is C18H16Cl2FN3O3. The summed E-state index contributed by atoms with van der Waals surface area (Å²) in [7, 11) is 0. The normalized spacial score (nSPS) is 11.0. The minimum Gasteiger partial charge on any atom is -0.482 e. The van der Waals surface area contributed by atoms with Crippen molar-refractivity contribution < 1.29 is 18.7 Å². The van der Waals surface area contributed by atoms with Crippen LogP contribution >= 0.6 is 23.2 Å². The molecule has 0 aliphatic heterocycles. The number of ether oxygens (including phenoxy) is 1. The molecule has 2 aromatic rings. The first-order valence-corrected chi connectivity index (χ1v) is 8.54. The number of carbonyl (C=O) groups excluding carboxylic acids is 2. The lowest BCUT2D eigenvalue weighted by molar-refractivity contribution is -0.123. The molecule has 0 fully saturated rings. The van der Waals surface area contributed by atoms with Gasteiger partial charge in [0.15, 0.2) is 6.61 Å². The Balaban J connectivity index is 1.77. The molecule has 0 atom stereocenters. The Kier molecular flexibility index (Phi) is 7.57. The smallest absolute Gasteiger partial charge is 0.277 e. The van der Waals surface area contributed by atoms with Gasteiger partial charge in [0.1, 0.15) is 11.6 Å². The largest absolute Gasteiger partial charge is 0.482 e. The van der Waals surface area contributed by atoms with Crippen LogP contribution in [0.15, 0.2) is 47.6 Å². The summed E-state index contributed by atoms with van der Waals surface area (Å²) >= 11 is 11.7. The molecule has 0 aliphatic carbocycles. The van der Waals surface area contributed by atoms with Crippen molar-refractivity contribution in [2.24, 2.45) is 5.10 Å². The van der Waals surface area contributed by atoms with E-state index in [-0.39, 0.29) is 24.0 Å². The molecule has 2 amide bonds. The van der Waals surface area contributed by atoms with Crippen molar-refractivity contribution in [3.63, 3.8) is 0 Å². The van der Waals surface area contributed by atoms with Gasteiger partial charge in [-0.3, -0.25) is 9.59 Å². The number of hydrazone groups is 1. The first kappa shape index (κ1) is 20.7. The standard InChI is InChI=1S/C18H16Cl2FN3O3/c1-11(8-17(25)22-14-5-3-13(21)4-6-14)23-24-18(26)10-27-16-7-2-12(19)9-15(16)20/h2-7,9H,8,10H2,1H3,(H,22,25)(H,24,26)/b23-11+. The molecule has 0 heterocycles. The Bertz CT molecular complexity index is 857. The SMILES string of the molecule is C/C(CC(=O)Nc1ccc(F)cc1)=N\NC(=O)COc1ccc(Cl)cc1Cl. The van der Waals surface area contributed by atoms with Crippen LogP contribution in [-0.2, 0) is 9.59 Å². The summed E-state index contributed by atoms with van der Waals surface area (Å²) < 4.78 is 18.1. The van der Waals surface area contributed by atoms with Crippen LogP contribution in [0.25, 0.3) is 0 Å². The van der Waals surface area contributed by atoms with Crippen LogP contribution < -0.4 is 15.5 Å². The molecule has 0 unspecified atom stereocenters. The van der Waals surface area contributed by atoms with Crippen LogP contribution in [0.2, 0.25) is 10.0 Å². The third-order valence-electron chi connectivity index (χ3n) is 3.17. The van der Waals surface area contributed by atoms with Crippen molar-refractivity contribution in [3.05, 3.63) is 58.3 Å². The molecule has 142 valence electrons. The summed E-state index contributed by atoms with van der Waals surface area (Å²) in [6, 6.07) is 10.0. The van der Waals surface area contributed by atoms with Crippen molar-refractivity contribution >= 4 is 46.4 Å². The second-order valence-corrected chi connectivity index (χ2v) is 6.32. The first-order valence-electron chi connectivity index (χ1n) is 7.79. The molecule has 6 nitrogen and oxygen atoms in total. The Morgan fingerprint density at radius 1 is 1.11 bits per heavy atom. The fraction of sp³-hybridized carbons (Fsp3) is 0.167. The Morgan fingerprint density at radius 2 is 1.81 bits per heavy atom. The van der Waals surface area contributed by atoms with Gasteiger partial charge in [-0.05, 0) is 49.4 Å². The number of benzene rings is 2. The van der Waals surface area contributed by atoms with E-state index < -0.39 is 11.7 Å². The number of hydrogen-bond acceptors (Lipinski definition) is 4. The number of rotatable bonds is 7. The van der Waals surface area contributed by atoms with Gasteiger partial charge in [0.05, 0.1) is 11.4 Å². The number of nitrogens with one attached hydrogen (secondary N) is 2. The zero-order valence-electron chi connectivity index (χ0n) is 14.3. The fourth-order valence-corrected chi connectivity index (χ4v) is 2.40. The molecule has 0 spiro atoms. The van der Waals surface area contributed by atoms with E-state index >= 15 is 0 Å². The highest BCUT2D eigenvalue weighted by molar-refractivity contribution is 6.35. The van der Waals surface area contributed by atoms with E-state index in [1.165, 1.54) is 30.3 Å². The van der Waals surface area contributed by atoms with Crippen LogP contribution in [0.1, 0.15) is 13.3 Å². The van der Waals surface area contributed by atoms with Gasteiger partial charge >= 0.3 is 0 Å². The predicted octanol–water partition coefficient (Wildman–Crippen LogP) is 4.03. The van der Waals surface area contributed by atoms with Gasteiger partial charge < -0.3 is 10.1 Å². The monoisotopic (exact) mass is 411 g/mol. The van der Waals surface area contributed by atoms with Crippen LogP contribution in [0.3, 0.4) is 0 Å². The summed E-state index contributed by atoms with van der Waals surface area (Å²) in [6.07, 6.45) is -0.0402. The van der Waals surface area contributed by atoms with E-state index in [4.69, 9.17) is 27.9 Å². The zero-order valence-corrected chi connectivity index (χ0v) is 15.8. The summed E-state index contributed by atoms with van der Waals surface area (Å²) in [4.78, 5) is 23.6. The second-order valence-electron chi connectivity index (χ2n) is 5.48. The van der Waals surface area contributed by atoms with Gasteiger partial charge in [0.25, 0.3) is 5.91 Å². The van der Waals surface area contributed by atoms with Gasteiger partial charge in [-0.2, -0.15) is 5.10 Å². The van der Waals surface area contributed by atoms with Crippen LogP contribution in [0.4, 0.5) is 10.1 Å². The average Bonchev–Trinajstić information content (AvgIpc) is 2.61. The minimum atomic E-state index is -0.515. The highest BCUT2D eigenvalue weighted by Gasteiger charge is 2.08. The highest BCUT2D eigenvalue weighted by atomic mass is 35.5. The van der Waals surface area contributed by atoms with Crippen LogP contribution in [-0.4, -0.2) is 24.1 Å². The van der Waals surface area contributed by atoms with Crippen molar-refractivity contribution in [1.29, 1.82) is 0 Å². The fourth-order valence-electron chi connectivity index (χ4n) is 1.94. The van der Waals surface area contributed by atoms with Gasteiger partial charge in [-0.1, -0.05) is 23.2 Å². The molecule has 2 aromatic carbocycles. The molecule has 9 heteroatoms. The van der Waals surface area contributed by atoms with E-state index in [9.17, 15) is 14.0 Å². The van der Waals surface area contributed by atoms with Crippen molar-refractivity contribution in [1.82, 2.24) is 5.43 Å². The van der Waals surface area contributed by atoms with E-state index in [1.54, 1.807) is 19.1 Å². The number of halogens is 3. The summed E-state index contributed by atoms with van der Waals surface area (Å²) in [6.45, 7) is 1.28. The van der Waals surface area contributed by atoms with Gasteiger partial charge in [-0.15, -0.1) is 0 Å². The summed E-state index contributed by atoms with van der Waals surface area (Å²) in [5, 5.41) is 7.17. The van der Waals surface area contributed by atoms with E-state index in [1.807, 2.05) is 0 Å². The molecule has 0 radical (unpaired) electrons. The number of nitrogens with zero attached hydrogens (tertiary/aromatic N) is 1. The summed E-state index contributed by atoms with van der Waals surface area (Å²) in [5.74, 6) is -0.938. The molecule has 0 saturated heterocycles. The second kappa shape index (κ2) is 9.89. The summed E-state index contributed by atoms with van der Waals surface area (Å²) in [5.41, 5.74) is 3.13. The third-order valence-corrected chi connectivity index (χ3v) is 3.70. The van der Waals surface area contributed by atoms with Crippen LogP contribution in [0.5, 0.6) is 5.75 Å². The van der Waals surface area contributed by atoms with Gasteiger partial charge in [-0.25, -0.2) is 9.82 Å². The maximum atomic E-state index is 12.8. The first-order chi connectivity index (χ1) is 12.8. The third kappa shape index (κ3) is 7.24. The number of hydrogen-bond donors (Lipinski definition) is 2. The zero-order chi connectivity index (χ0) is 19.8. The predicted molar refractivity (Wildman–Crippen MR) is 103 cm³/mol. The maximum Gasteiger partial charge on any atom is 0.277 e. The van der Waals surface area contributed by atoms with Gasteiger partial charge in [0, 0.05) is 16.4 Å². The van der Waals surface area contributed by atoms with E-state index in [0.717, 1.165) is 0 Å². The molecule has 0 bridgehead atoms. The molecule has 0 aliphatic rings. The van der Waals surface area contributed by atoms with E-state index in [2.05, 4.69) is 15.8 Å². The Labute approximate surface area is 165 Å². The lowest BCUT2D eigenvalue weighted by atomic mass is 10.2. The quantitative estimate of drug-likeness (QED) is 0.532. The molecular weight excluding hydrogens is 396 g/mol. The van der Waals surface area contributed by atoms with Gasteiger partial charge in [0.2, 0.25) is 5.91 Å². The molecule has 27 heavy (non-hydrogen) atoms. The lowest BCUT2D eigenvalue weighted by Gasteiger charge is -2.08. The number of carbonyl (C=O) groups is 2. The minimum absolute atomic E-state index is 0.0402. The molecule has 0 aromatic heterocycles. The lowest BCUT2D eigenvalue weighted by Crippen LogP contribution is -2.26. The Hall–Kier alpha value is -2.64. The average molecular weight is 412 g/mol. The van der Waals surface area contributed by atoms with Crippen molar-refractivity contribution in [3.8, 4) is 5.75 Å². The molecule has 0 saturated carbocycles. The number of anilines is 1. The maximum absolute atomic E-state index is 12.8. The highest BCUT2D eigenvalue weighted by Crippen LogP contribution is 2.27. The molecule has 2 N–H and O–H groups in total. The van der Waals surface area contributed by atoms with E-state index in [0.29, 0.717) is 22.2 Å². The Morgan fingerprint density at radius 3 is 2.48 bits per heavy atom. The topological polar surface area (TPSA) is 79.8 Å². The van der Waals surface area contributed by atoms with Crippen LogP contribution in [0, 0.1) is 5.82 Å².